The summed E-state index contributed by atoms with van der Waals surface area (Å²) in [5.41, 5.74) is 8.71. The van der Waals surface area contributed by atoms with Crippen molar-refractivity contribution in [2.75, 3.05) is 22.1 Å². The Labute approximate surface area is 190 Å². The Kier molecular flexibility index (Phi) is 6.13. The van der Waals surface area contributed by atoms with Crippen LogP contribution in [-0.2, 0) is 9.59 Å². The minimum absolute atomic E-state index is 0.197. The zero-order chi connectivity index (χ0) is 23.4. The lowest BCUT2D eigenvalue weighted by atomic mass is 10.0. The van der Waals surface area contributed by atoms with Crippen LogP contribution in [0.25, 0.3) is 11.3 Å². The van der Waals surface area contributed by atoms with Gasteiger partial charge in [0.15, 0.2) is 0 Å². The van der Waals surface area contributed by atoms with Crippen LogP contribution >= 0.6 is 0 Å². The van der Waals surface area contributed by atoms with Crippen LogP contribution in [0, 0.1) is 11.3 Å². The molecule has 3 aromatic rings. The molecule has 10 nitrogen and oxygen atoms in total. The summed E-state index contributed by atoms with van der Waals surface area (Å²) in [4.78, 5) is 37.7. The summed E-state index contributed by atoms with van der Waals surface area (Å²) in [7, 11) is 0. The first-order valence-corrected chi connectivity index (χ1v) is 10.4. The number of nitriles is 1. The molecule has 10 heteroatoms. The van der Waals surface area contributed by atoms with E-state index in [1.165, 1.54) is 6.92 Å². The monoisotopic (exact) mass is 442 g/mol. The number of aromatic nitrogens is 3. The molecule has 1 atom stereocenters. The minimum Gasteiger partial charge on any atom is -0.368 e. The van der Waals surface area contributed by atoms with Gasteiger partial charge >= 0.3 is 0 Å². The third kappa shape index (κ3) is 4.88. The van der Waals surface area contributed by atoms with Crippen molar-refractivity contribution in [1.29, 1.82) is 5.26 Å². The molecule has 1 fully saturated rings. The van der Waals surface area contributed by atoms with Crippen LogP contribution < -0.4 is 21.3 Å². The van der Waals surface area contributed by atoms with Crippen LogP contribution in [0.2, 0.25) is 0 Å². The van der Waals surface area contributed by atoms with Gasteiger partial charge in [-0.3, -0.25) is 9.59 Å². The second kappa shape index (κ2) is 9.32. The largest absolute Gasteiger partial charge is 0.368 e. The number of amides is 2. The molecular formula is C23H22N8O2. The first kappa shape index (κ1) is 21.7. The van der Waals surface area contributed by atoms with Gasteiger partial charge in [0, 0.05) is 25.2 Å². The molecule has 1 saturated heterocycles. The molecule has 33 heavy (non-hydrogen) atoms. The highest BCUT2D eigenvalue weighted by atomic mass is 16.2. The van der Waals surface area contributed by atoms with Crippen molar-refractivity contribution >= 4 is 35.0 Å². The number of nitrogens with one attached hydrogen (secondary N) is 2. The molecule has 166 valence electrons. The lowest BCUT2D eigenvalue weighted by Gasteiger charge is -2.25. The highest BCUT2D eigenvalue weighted by Crippen LogP contribution is 2.31. The van der Waals surface area contributed by atoms with Gasteiger partial charge in [-0.2, -0.15) is 5.26 Å². The molecule has 0 bridgehead atoms. The van der Waals surface area contributed by atoms with E-state index >= 15 is 0 Å². The standard InChI is InChI=1S/C23H22N8O2/c1-14(32)28-21-7-5-17(13-27-21)29-23-26-9-8-18(30-23)15-4-6-19(16(11-15)12-24)31-10-2-3-20(31)22(25)33/h4-9,11,13,20H,2-3,10H2,1H3,(H2,25,33)(H,26,29,30)(H,27,28,32)/t20-/m0/s1. The number of primary amides is 1. The van der Waals surface area contributed by atoms with Crippen LogP contribution in [0.3, 0.4) is 0 Å². The number of carbonyl (C=O) groups excluding carboxylic acids is 2. The molecule has 1 aliphatic rings. The maximum atomic E-state index is 11.8. The van der Waals surface area contributed by atoms with Crippen LogP contribution in [0.5, 0.6) is 0 Å². The first-order chi connectivity index (χ1) is 15.9. The Morgan fingerprint density at radius 3 is 2.76 bits per heavy atom. The average Bonchev–Trinajstić information content (AvgIpc) is 3.30. The average molecular weight is 442 g/mol. The molecular weight excluding hydrogens is 420 g/mol. The van der Waals surface area contributed by atoms with E-state index in [0.717, 1.165) is 12.0 Å². The van der Waals surface area contributed by atoms with E-state index < -0.39 is 6.04 Å². The third-order valence-corrected chi connectivity index (χ3v) is 5.28. The second-order valence-electron chi connectivity index (χ2n) is 7.60. The van der Waals surface area contributed by atoms with Crippen molar-refractivity contribution in [3.05, 3.63) is 54.4 Å². The van der Waals surface area contributed by atoms with E-state index in [0.29, 0.717) is 47.4 Å². The van der Waals surface area contributed by atoms with Crippen molar-refractivity contribution in [3.63, 3.8) is 0 Å². The summed E-state index contributed by atoms with van der Waals surface area (Å²) in [5.74, 6) is 0.226. The number of nitrogens with zero attached hydrogens (tertiary/aromatic N) is 5. The number of nitrogens with two attached hydrogens (primary N) is 1. The number of carbonyl (C=O) groups is 2. The normalized spacial score (nSPS) is 15.0. The molecule has 0 spiro atoms. The zero-order valence-electron chi connectivity index (χ0n) is 17.9. The molecule has 0 saturated carbocycles. The topological polar surface area (TPSA) is 150 Å². The zero-order valence-corrected chi connectivity index (χ0v) is 17.9. The van der Waals surface area contributed by atoms with Crippen LogP contribution in [-0.4, -0.2) is 39.4 Å². The van der Waals surface area contributed by atoms with Crippen LogP contribution in [0.4, 0.5) is 23.1 Å². The van der Waals surface area contributed by atoms with Gasteiger partial charge in [0.1, 0.15) is 17.9 Å². The lowest BCUT2D eigenvalue weighted by molar-refractivity contribution is -0.119. The van der Waals surface area contributed by atoms with Gasteiger partial charge in [-0.25, -0.2) is 15.0 Å². The number of hydrogen-bond donors (Lipinski definition) is 3. The molecule has 2 amide bonds. The number of benzene rings is 1. The molecule has 4 N–H and O–H groups in total. The molecule has 4 rings (SSSR count). The van der Waals surface area contributed by atoms with E-state index in [2.05, 4.69) is 31.7 Å². The van der Waals surface area contributed by atoms with Gasteiger partial charge in [0.05, 0.1) is 28.8 Å². The van der Waals surface area contributed by atoms with Crippen molar-refractivity contribution < 1.29 is 9.59 Å². The summed E-state index contributed by atoms with van der Waals surface area (Å²) in [5, 5.41) is 15.4. The van der Waals surface area contributed by atoms with E-state index in [4.69, 9.17) is 5.73 Å². The van der Waals surface area contributed by atoms with Crippen LogP contribution in [0.15, 0.2) is 48.8 Å². The fourth-order valence-electron chi connectivity index (χ4n) is 3.82. The fourth-order valence-corrected chi connectivity index (χ4v) is 3.82. The number of rotatable bonds is 6. The van der Waals surface area contributed by atoms with Gasteiger partial charge in [0.25, 0.3) is 0 Å². The van der Waals surface area contributed by atoms with E-state index in [9.17, 15) is 14.9 Å². The van der Waals surface area contributed by atoms with E-state index in [1.807, 2.05) is 17.0 Å². The lowest BCUT2D eigenvalue weighted by Crippen LogP contribution is -2.40. The van der Waals surface area contributed by atoms with Crippen molar-refractivity contribution in [2.24, 2.45) is 5.73 Å². The molecule has 3 heterocycles. The second-order valence-corrected chi connectivity index (χ2v) is 7.60. The third-order valence-electron chi connectivity index (χ3n) is 5.28. The Morgan fingerprint density at radius 1 is 1.21 bits per heavy atom. The molecule has 1 aromatic carbocycles. The van der Waals surface area contributed by atoms with Gasteiger partial charge < -0.3 is 21.3 Å². The maximum Gasteiger partial charge on any atom is 0.240 e. The van der Waals surface area contributed by atoms with Gasteiger partial charge in [-0.05, 0) is 43.2 Å². The fraction of sp³-hybridized carbons (Fsp3) is 0.217. The highest BCUT2D eigenvalue weighted by molar-refractivity contribution is 5.87. The summed E-state index contributed by atoms with van der Waals surface area (Å²) in [6.45, 7) is 2.09. The highest BCUT2D eigenvalue weighted by Gasteiger charge is 2.30. The summed E-state index contributed by atoms with van der Waals surface area (Å²) in [6, 6.07) is 12.4. The van der Waals surface area contributed by atoms with Crippen molar-refractivity contribution in [3.8, 4) is 17.3 Å². The summed E-state index contributed by atoms with van der Waals surface area (Å²) < 4.78 is 0. The summed E-state index contributed by atoms with van der Waals surface area (Å²) in [6.07, 6.45) is 4.72. The molecule has 0 unspecified atom stereocenters. The number of hydrogen-bond acceptors (Lipinski definition) is 8. The van der Waals surface area contributed by atoms with Crippen LogP contribution in [0.1, 0.15) is 25.3 Å². The van der Waals surface area contributed by atoms with E-state index in [1.54, 1.807) is 36.7 Å². The quantitative estimate of drug-likeness (QED) is 0.527. The SMILES string of the molecule is CC(=O)Nc1ccc(Nc2nccc(-c3ccc(N4CCC[C@H]4C(N)=O)c(C#N)c3)n2)cn1. The molecule has 0 radical (unpaired) electrons. The number of pyridine rings is 1. The van der Waals surface area contributed by atoms with E-state index in [-0.39, 0.29) is 11.8 Å². The Balaban J connectivity index is 1.56. The molecule has 0 aliphatic carbocycles. The summed E-state index contributed by atoms with van der Waals surface area (Å²) >= 11 is 0. The smallest absolute Gasteiger partial charge is 0.240 e. The predicted octanol–water partition coefficient (Wildman–Crippen LogP) is 2.57. The van der Waals surface area contributed by atoms with Gasteiger partial charge in [0.2, 0.25) is 17.8 Å². The van der Waals surface area contributed by atoms with Crippen molar-refractivity contribution in [2.45, 2.75) is 25.8 Å². The Morgan fingerprint density at radius 2 is 2.06 bits per heavy atom. The first-order valence-electron chi connectivity index (χ1n) is 10.4. The van der Waals surface area contributed by atoms with Crippen molar-refractivity contribution in [1.82, 2.24) is 15.0 Å². The molecule has 1 aliphatic heterocycles. The number of anilines is 4. The maximum absolute atomic E-state index is 11.8. The Bertz CT molecular complexity index is 1240. The molecule has 2 aromatic heterocycles. The minimum atomic E-state index is -0.400. The van der Waals surface area contributed by atoms with Gasteiger partial charge in [-0.1, -0.05) is 6.07 Å². The predicted molar refractivity (Wildman–Crippen MR) is 124 cm³/mol. The Hall–Kier alpha value is -4.52. The van der Waals surface area contributed by atoms with Gasteiger partial charge in [-0.15, -0.1) is 0 Å².